The molecule has 3 aromatic carbocycles. The van der Waals surface area contributed by atoms with E-state index in [1.807, 2.05) is 36.4 Å². The van der Waals surface area contributed by atoms with Gasteiger partial charge in [0.2, 0.25) is 0 Å². The first kappa shape index (κ1) is 101. The van der Waals surface area contributed by atoms with Crippen molar-refractivity contribution >= 4 is 46.3 Å². The van der Waals surface area contributed by atoms with Crippen molar-refractivity contribution in [1.82, 2.24) is 0 Å². The van der Waals surface area contributed by atoms with E-state index < -0.39 is 0 Å². The third kappa shape index (κ3) is 19.2. The molecule has 15 rings (SSSR count). The fraction of sp³-hybridized carbons (Fsp3) is 0.771. The SMILES string of the molecule is CC(C)=CCCC(C)C1CCC2(C)C3CCC4C(C)(C)C(OC(=O)CCCc5cc(N)cc(N)c5)CCC4(C)C3CCC12C.CC(C)=CCCC(C)C1CCC2(C)C3CCC4C(C)(C)C(OC(=O)CCc5cc(C)cc(N)c5)CCC4(C)C3CCC12C.CC(C)=CCCC(C)C1CCC2(C)C3CCC4C(C)(C)C(OC(=O)Cc5cc(N)cc(N)c5)CCC4(C)C3CCC12C. The number of benzene rings is 3. The lowest BCUT2D eigenvalue weighted by Gasteiger charge is -2.67. The maximum atomic E-state index is 13.1. The molecule has 0 heterocycles. The molecule has 720 valence electrons. The molecule has 27 unspecified atom stereocenters. The summed E-state index contributed by atoms with van der Waals surface area (Å²) >= 11 is 0. The van der Waals surface area contributed by atoms with E-state index in [1.54, 1.807) is 12.1 Å². The summed E-state index contributed by atoms with van der Waals surface area (Å²) in [7, 11) is 0. The Hall–Kier alpha value is -5.71. The standard InChI is InChI=1S/C40H64N2O2.C40H63NO2.C38H60N2O2/c1-26(2)11-9-12-27(3)31-17-21-40(8)33-15-16-34-37(4,5)35(19-20-38(34,6)32(33)18-22-39(31,40)7)44-36(43)14-10-13-28-23-29(41)25-30(42)24-28;1-26(2)11-10-12-28(4)31-17-21-40(9)33-14-15-34-37(5,6)35(19-20-38(34,7)32(33)18-22-39(31,40)8)43-36(42)16-13-29-23-27(3)24-30(41)25-29;1-24(2)10-9-11-25(3)29-14-18-38(8)31-12-13-32-35(4,5)33(16-17-36(32,6)30(31)15-19-37(29,38)7)42-34(41)22-26-20-27(39)23-28(40)21-26/h11,23-25,27,31-35H,9-10,12-22,41-42H2,1-8H3;11,23-25,28,31-35H,10,12-22,41H2,1-9H3;10,20-21,23,25,29-33H,9,11-19,22,39-40H2,1-8H3. The zero-order chi connectivity index (χ0) is 94.1. The molecule has 0 aliphatic heterocycles. The van der Waals surface area contributed by atoms with Gasteiger partial charge in [0.1, 0.15) is 18.3 Å². The summed E-state index contributed by atoms with van der Waals surface area (Å²) in [5.41, 5.74) is 45.4. The van der Waals surface area contributed by atoms with E-state index in [9.17, 15) is 14.4 Å². The van der Waals surface area contributed by atoms with Crippen LogP contribution in [0.25, 0.3) is 0 Å². The molecule has 11 nitrogen and oxygen atoms in total. The topological polar surface area (TPSA) is 209 Å². The zero-order valence-electron chi connectivity index (χ0n) is 86.6. The Bertz CT molecular complexity index is 4470. The largest absolute Gasteiger partial charge is 0.462 e. The third-order valence-corrected chi connectivity index (χ3v) is 42.8. The number of nitrogens with two attached hydrogens (primary N) is 5. The van der Waals surface area contributed by atoms with E-state index in [0.29, 0.717) is 109 Å². The second-order valence-electron chi connectivity index (χ2n) is 51.4. The smallest absolute Gasteiger partial charge is 0.310 e. The van der Waals surface area contributed by atoms with Crippen LogP contribution in [0.3, 0.4) is 0 Å². The van der Waals surface area contributed by atoms with Crippen molar-refractivity contribution in [2.75, 3.05) is 28.7 Å². The van der Waals surface area contributed by atoms with Crippen LogP contribution in [0.15, 0.2) is 89.5 Å². The molecule has 0 radical (unpaired) electrons. The van der Waals surface area contributed by atoms with Crippen molar-refractivity contribution in [2.45, 2.75) is 423 Å². The first-order valence-electron chi connectivity index (χ1n) is 53.0. The Kier molecular flexibility index (Phi) is 30.0. The van der Waals surface area contributed by atoms with Gasteiger partial charge in [-0.2, -0.15) is 0 Å². The van der Waals surface area contributed by atoms with Crippen LogP contribution in [-0.4, -0.2) is 36.2 Å². The molecule has 10 N–H and O–H groups in total. The highest BCUT2D eigenvalue weighted by Crippen LogP contribution is 2.79. The lowest BCUT2D eigenvalue weighted by molar-refractivity contribution is -0.210. The monoisotopic (exact) mass is 1770 g/mol. The van der Waals surface area contributed by atoms with Crippen LogP contribution in [0.4, 0.5) is 28.4 Å². The van der Waals surface area contributed by atoms with Crippen molar-refractivity contribution in [2.24, 2.45) is 154 Å². The fourth-order valence-corrected chi connectivity index (χ4v) is 35.7. The van der Waals surface area contributed by atoms with Crippen molar-refractivity contribution in [3.05, 3.63) is 112 Å². The van der Waals surface area contributed by atoms with E-state index >= 15 is 0 Å². The van der Waals surface area contributed by atoms with Crippen LogP contribution < -0.4 is 28.7 Å². The molecule has 0 amide bonds. The van der Waals surface area contributed by atoms with Crippen LogP contribution in [0, 0.1) is 161 Å². The van der Waals surface area contributed by atoms with Crippen LogP contribution in [0.2, 0.25) is 0 Å². The van der Waals surface area contributed by atoms with Crippen molar-refractivity contribution in [3.63, 3.8) is 0 Å². The Balaban J connectivity index is 0.000000165. The number of fused-ring (bicyclic) bond motifs is 15. The molecule has 0 bridgehead atoms. The Morgan fingerprint density at radius 1 is 0.333 bits per heavy atom. The Morgan fingerprint density at radius 2 is 0.628 bits per heavy atom. The van der Waals surface area contributed by atoms with Gasteiger partial charge in [-0.25, -0.2) is 0 Å². The number of esters is 3. The summed E-state index contributed by atoms with van der Waals surface area (Å²) in [5, 5.41) is 0. The highest BCUT2D eigenvalue weighted by Gasteiger charge is 2.72. The van der Waals surface area contributed by atoms with Gasteiger partial charge in [-0.05, 0) is 469 Å². The minimum Gasteiger partial charge on any atom is -0.462 e. The van der Waals surface area contributed by atoms with Gasteiger partial charge in [-0.3, -0.25) is 14.4 Å². The minimum atomic E-state index is -0.160. The molecule has 129 heavy (non-hydrogen) atoms. The quantitative estimate of drug-likeness (QED) is 0.0247. The molecule has 12 fully saturated rings. The van der Waals surface area contributed by atoms with Gasteiger partial charge < -0.3 is 42.9 Å². The summed E-state index contributed by atoms with van der Waals surface area (Å²) in [4.78, 5) is 39.4. The summed E-state index contributed by atoms with van der Waals surface area (Å²) in [6.07, 6.45) is 49.5. The fourth-order valence-electron chi connectivity index (χ4n) is 35.7. The van der Waals surface area contributed by atoms with Crippen molar-refractivity contribution < 1.29 is 28.6 Å². The van der Waals surface area contributed by atoms with E-state index in [2.05, 4.69) is 197 Å². The lowest BCUT2D eigenvalue weighted by atomic mass is 9.38. The van der Waals surface area contributed by atoms with E-state index in [1.165, 1.54) is 190 Å². The van der Waals surface area contributed by atoms with E-state index in [4.69, 9.17) is 42.9 Å². The predicted molar refractivity (Wildman–Crippen MR) is 541 cm³/mol. The van der Waals surface area contributed by atoms with Gasteiger partial charge in [0, 0.05) is 57.5 Å². The number of rotatable bonds is 24. The normalized spacial score (nSPS) is 38.8. The molecular weight excluding hydrogens is 1580 g/mol. The number of ether oxygens (including phenoxy) is 3. The van der Waals surface area contributed by atoms with Gasteiger partial charge in [0.15, 0.2) is 0 Å². The van der Waals surface area contributed by atoms with Gasteiger partial charge in [-0.15, -0.1) is 0 Å². The average molecular weight is 1770 g/mol. The molecule has 12 aliphatic carbocycles. The highest BCUT2D eigenvalue weighted by molar-refractivity contribution is 5.74. The molecule has 12 saturated carbocycles. The molecule has 12 aliphatic rings. The summed E-state index contributed by atoms with van der Waals surface area (Å²) in [6, 6.07) is 17.2. The maximum Gasteiger partial charge on any atom is 0.310 e. The van der Waals surface area contributed by atoms with Crippen LogP contribution in [0.1, 0.15) is 400 Å². The molecule has 0 aromatic heterocycles. The maximum absolute atomic E-state index is 13.1. The molecule has 27 atom stereocenters. The highest BCUT2D eigenvalue weighted by atomic mass is 16.6. The van der Waals surface area contributed by atoms with Crippen LogP contribution in [0.5, 0.6) is 0 Å². The van der Waals surface area contributed by atoms with E-state index in [-0.39, 0.29) is 58.9 Å². The number of hydrogen-bond donors (Lipinski definition) is 5. The number of hydrogen-bond acceptors (Lipinski definition) is 11. The number of allylic oxidation sites excluding steroid dienone is 6. The predicted octanol–water partition coefficient (Wildman–Crippen LogP) is 30.0. The number of nitrogen functional groups attached to an aromatic ring is 5. The summed E-state index contributed by atoms with van der Waals surface area (Å²) in [6.45, 7) is 61.7. The first-order valence-corrected chi connectivity index (χ1v) is 53.0. The number of carbonyl (C=O) groups is 3. The zero-order valence-corrected chi connectivity index (χ0v) is 86.6. The van der Waals surface area contributed by atoms with Crippen molar-refractivity contribution in [1.29, 1.82) is 0 Å². The van der Waals surface area contributed by atoms with Crippen LogP contribution in [-0.2, 0) is 47.9 Å². The van der Waals surface area contributed by atoms with Crippen molar-refractivity contribution in [3.8, 4) is 0 Å². The lowest BCUT2D eigenvalue weighted by Crippen LogP contribution is -2.62. The molecule has 0 spiro atoms. The number of anilines is 5. The molecule has 0 saturated heterocycles. The number of aryl methyl sites for hydroxylation is 3. The summed E-state index contributed by atoms with van der Waals surface area (Å²) < 4.78 is 18.9. The van der Waals surface area contributed by atoms with Gasteiger partial charge in [-0.1, -0.05) is 166 Å². The van der Waals surface area contributed by atoms with Crippen LogP contribution >= 0.6 is 0 Å². The first-order chi connectivity index (χ1) is 60.3. The van der Waals surface area contributed by atoms with Gasteiger partial charge in [0.25, 0.3) is 0 Å². The summed E-state index contributed by atoms with van der Waals surface area (Å²) in [5.74, 6) is 11.3. The minimum absolute atomic E-state index is 0.000695. The number of carbonyl (C=O) groups excluding carboxylic acids is 3. The Morgan fingerprint density at radius 3 is 0.953 bits per heavy atom. The second-order valence-corrected chi connectivity index (χ2v) is 51.4. The third-order valence-electron chi connectivity index (χ3n) is 42.8. The van der Waals surface area contributed by atoms with Gasteiger partial charge >= 0.3 is 17.9 Å². The molecule has 3 aromatic rings. The van der Waals surface area contributed by atoms with E-state index in [0.717, 1.165) is 131 Å². The average Bonchev–Trinajstić information content (AvgIpc) is 1.61. The molecule has 11 heteroatoms. The second kappa shape index (κ2) is 38.5. The van der Waals surface area contributed by atoms with Gasteiger partial charge in [0.05, 0.1) is 6.42 Å². The Labute approximate surface area is 786 Å². The molecular formula is C118H187N5O6.